The molecule has 1 saturated heterocycles. The van der Waals surface area contributed by atoms with E-state index in [4.69, 9.17) is 4.74 Å². The van der Waals surface area contributed by atoms with Crippen molar-refractivity contribution in [1.82, 2.24) is 0 Å². The summed E-state index contributed by atoms with van der Waals surface area (Å²) in [4.78, 5) is 36.7. The molecule has 5 rings (SSSR count). The predicted molar refractivity (Wildman–Crippen MR) is 163 cm³/mol. The molecule has 1 aliphatic rings. The number of ether oxygens (including phenoxy) is 1. The van der Waals surface area contributed by atoms with Crippen molar-refractivity contribution in [3.05, 3.63) is 96.1 Å². The molecule has 0 radical (unpaired) electrons. The van der Waals surface area contributed by atoms with Gasteiger partial charge in [0.25, 0.3) is 0 Å². The molecule has 1 heterocycles. The number of hydrogen-bond donors (Lipinski definition) is 2. The lowest BCUT2D eigenvalue weighted by molar-refractivity contribution is -0.896. The molecule has 7 heteroatoms. The van der Waals surface area contributed by atoms with Crippen molar-refractivity contribution < 1.29 is 23.6 Å². The zero-order chi connectivity index (χ0) is 28.8. The van der Waals surface area contributed by atoms with Gasteiger partial charge in [0.2, 0.25) is 5.91 Å². The van der Waals surface area contributed by atoms with Gasteiger partial charge in [-0.1, -0.05) is 60.7 Å². The van der Waals surface area contributed by atoms with Crippen LogP contribution in [0, 0.1) is 0 Å². The van der Waals surface area contributed by atoms with Crippen molar-refractivity contribution >= 4 is 40.4 Å². The summed E-state index contributed by atoms with van der Waals surface area (Å²) in [6.07, 6.45) is 2.77. The van der Waals surface area contributed by atoms with Crippen LogP contribution in [0.3, 0.4) is 0 Å². The Hall–Kier alpha value is -4.49. The maximum Gasteiger partial charge on any atom is 0.411 e. The van der Waals surface area contributed by atoms with Gasteiger partial charge in [0.1, 0.15) is 12.4 Å². The van der Waals surface area contributed by atoms with Crippen LogP contribution in [0.4, 0.5) is 16.2 Å². The molecule has 0 atom stereocenters. The molecular formula is C34H36N3O4+. The number of aryl methyl sites for hydroxylation is 1. The number of benzene rings is 4. The molecule has 0 spiro atoms. The molecule has 41 heavy (non-hydrogen) atoms. The number of carbonyl (C=O) groups is 3. The Kier molecular flexibility index (Phi) is 8.45. The average Bonchev–Trinajstić information content (AvgIpc) is 2.97. The number of hydrogen-bond acceptors (Lipinski definition) is 4. The van der Waals surface area contributed by atoms with Crippen LogP contribution in [-0.4, -0.2) is 56.1 Å². The van der Waals surface area contributed by atoms with E-state index < -0.39 is 6.09 Å². The predicted octanol–water partition coefficient (Wildman–Crippen LogP) is 6.68. The molecule has 2 amide bonds. The van der Waals surface area contributed by atoms with Gasteiger partial charge in [-0.05, 0) is 52.6 Å². The number of aldehydes is 1. The van der Waals surface area contributed by atoms with Crippen LogP contribution in [0.15, 0.2) is 84.9 Å². The Balaban J connectivity index is 1.25. The van der Waals surface area contributed by atoms with Gasteiger partial charge in [-0.3, -0.25) is 14.9 Å². The molecule has 0 saturated carbocycles. The minimum Gasteiger partial charge on any atom is -0.446 e. The highest BCUT2D eigenvalue weighted by molar-refractivity contribution is 5.96. The zero-order valence-corrected chi connectivity index (χ0v) is 23.6. The van der Waals surface area contributed by atoms with E-state index >= 15 is 0 Å². The third kappa shape index (κ3) is 7.38. The third-order valence-electron chi connectivity index (χ3n) is 7.72. The number of rotatable bonds is 8. The lowest BCUT2D eigenvalue weighted by atomic mass is 9.99. The van der Waals surface area contributed by atoms with Crippen molar-refractivity contribution in [2.24, 2.45) is 0 Å². The topological polar surface area (TPSA) is 84.5 Å². The smallest absolute Gasteiger partial charge is 0.411 e. The summed E-state index contributed by atoms with van der Waals surface area (Å²) < 4.78 is 6.73. The number of nitrogens with zero attached hydrogens (tertiary/aromatic N) is 1. The van der Waals surface area contributed by atoms with E-state index in [1.807, 2.05) is 78.9 Å². The van der Waals surface area contributed by atoms with Gasteiger partial charge in [0, 0.05) is 36.1 Å². The van der Waals surface area contributed by atoms with E-state index in [9.17, 15) is 14.4 Å². The number of fused-ring (bicyclic) bond motifs is 1. The van der Waals surface area contributed by atoms with Crippen molar-refractivity contribution in [3.63, 3.8) is 0 Å². The van der Waals surface area contributed by atoms with Crippen LogP contribution in [0.2, 0.25) is 0 Å². The highest BCUT2D eigenvalue weighted by Gasteiger charge is 2.28. The van der Waals surface area contributed by atoms with Crippen molar-refractivity contribution in [2.75, 3.05) is 37.8 Å². The first-order chi connectivity index (χ1) is 19.8. The zero-order valence-electron chi connectivity index (χ0n) is 23.6. The molecule has 4 aromatic rings. The lowest BCUT2D eigenvalue weighted by Gasteiger charge is -2.36. The Morgan fingerprint density at radius 3 is 2.37 bits per heavy atom. The first-order valence-electron chi connectivity index (χ1n) is 14.0. The first-order valence-corrected chi connectivity index (χ1v) is 14.0. The van der Waals surface area contributed by atoms with Gasteiger partial charge >= 0.3 is 6.09 Å². The Morgan fingerprint density at radius 2 is 1.61 bits per heavy atom. The number of carbonyl (C=O) groups excluding carboxylic acids is 3. The molecule has 210 valence electrons. The molecule has 0 bridgehead atoms. The summed E-state index contributed by atoms with van der Waals surface area (Å²) in [6.45, 7) is 1.95. The monoisotopic (exact) mass is 550 g/mol. The highest BCUT2D eigenvalue weighted by atomic mass is 16.6. The summed E-state index contributed by atoms with van der Waals surface area (Å²) in [5, 5.41) is 7.84. The van der Waals surface area contributed by atoms with Gasteiger partial charge < -0.3 is 14.5 Å². The van der Waals surface area contributed by atoms with Gasteiger partial charge in [-0.25, -0.2) is 4.79 Å². The first kappa shape index (κ1) is 28.1. The SMILES string of the molecule is C[N+]1(C)CCC(OC(=O)Nc2cc(CCC(=O)Nc3ccc4cc(C=O)ccc4c3)ccc2-c2ccccc2)CC1. The molecule has 4 aromatic carbocycles. The van der Waals surface area contributed by atoms with E-state index in [1.165, 1.54) is 0 Å². The van der Waals surface area contributed by atoms with Crippen LogP contribution in [-0.2, 0) is 16.0 Å². The number of anilines is 2. The molecule has 2 N–H and O–H groups in total. The second-order valence-electron chi connectivity index (χ2n) is 11.3. The van der Waals surface area contributed by atoms with Gasteiger partial charge in [-0.15, -0.1) is 0 Å². The van der Waals surface area contributed by atoms with Crippen molar-refractivity contribution in [2.45, 2.75) is 31.8 Å². The summed E-state index contributed by atoms with van der Waals surface area (Å²) in [6, 6.07) is 26.9. The van der Waals surface area contributed by atoms with Crippen LogP contribution < -0.4 is 10.6 Å². The largest absolute Gasteiger partial charge is 0.446 e. The maximum absolute atomic E-state index is 12.9. The maximum atomic E-state index is 12.9. The lowest BCUT2D eigenvalue weighted by Crippen LogP contribution is -2.48. The Bertz CT molecular complexity index is 1560. The second kappa shape index (κ2) is 12.4. The van der Waals surface area contributed by atoms with Gasteiger partial charge in [-0.2, -0.15) is 0 Å². The molecule has 7 nitrogen and oxygen atoms in total. The number of likely N-dealkylation sites (tertiary alicyclic amines) is 1. The van der Waals surface area contributed by atoms with Gasteiger partial charge in [0.15, 0.2) is 0 Å². The fourth-order valence-corrected chi connectivity index (χ4v) is 5.27. The van der Waals surface area contributed by atoms with Crippen molar-refractivity contribution in [1.29, 1.82) is 0 Å². The molecular weight excluding hydrogens is 514 g/mol. The van der Waals surface area contributed by atoms with E-state index in [2.05, 4.69) is 24.7 Å². The minimum absolute atomic E-state index is 0.0876. The average molecular weight is 551 g/mol. The molecule has 1 fully saturated rings. The third-order valence-corrected chi connectivity index (χ3v) is 7.72. The molecule has 0 aliphatic carbocycles. The van der Waals surface area contributed by atoms with E-state index in [0.29, 0.717) is 23.4 Å². The molecule has 0 unspecified atom stereocenters. The van der Waals surface area contributed by atoms with Crippen molar-refractivity contribution in [3.8, 4) is 11.1 Å². The fourth-order valence-electron chi connectivity index (χ4n) is 5.27. The normalized spacial score (nSPS) is 14.8. The van der Waals surface area contributed by atoms with Gasteiger partial charge in [0.05, 0.1) is 32.9 Å². The molecule has 1 aliphatic heterocycles. The highest BCUT2D eigenvalue weighted by Crippen LogP contribution is 2.30. The standard InChI is InChI=1S/C34H35N3O4/c1-37(2)18-16-30(17-19-37)41-34(40)36-32-21-24(9-14-31(32)26-6-4-3-5-7-26)10-15-33(39)35-29-13-12-27-20-25(23-38)8-11-28(27)22-29/h3-9,11-14,20-23,30H,10,15-19H2,1-2H3,(H-,35,36,38,39,40)/p+1. The summed E-state index contributed by atoms with van der Waals surface area (Å²) in [5.41, 5.74) is 4.80. The summed E-state index contributed by atoms with van der Waals surface area (Å²) in [7, 11) is 4.39. The molecule has 0 aromatic heterocycles. The number of nitrogens with one attached hydrogen (secondary N) is 2. The minimum atomic E-state index is -0.453. The van der Waals surface area contributed by atoms with Crippen LogP contribution in [0.25, 0.3) is 21.9 Å². The van der Waals surface area contributed by atoms with Crippen LogP contribution >= 0.6 is 0 Å². The van der Waals surface area contributed by atoms with E-state index in [-0.39, 0.29) is 18.4 Å². The summed E-state index contributed by atoms with van der Waals surface area (Å²) >= 11 is 0. The fraction of sp³-hybridized carbons (Fsp3) is 0.265. The van der Waals surface area contributed by atoms with Crippen LogP contribution in [0.1, 0.15) is 35.2 Å². The number of amides is 2. The van der Waals surface area contributed by atoms with E-state index in [1.54, 1.807) is 6.07 Å². The van der Waals surface area contributed by atoms with Crippen LogP contribution in [0.5, 0.6) is 0 Å². The summed E-state index contributed by atoms with van der Waals surface area (Å²) in [5.74, 6) is -0.103. The number of piperidine rings is 1. The Morgan fingerprint density at radius 1 is 0.878 bits per heavy atom. The Labute approximate surface area is 240 Å². The number of quaternary nitrogens is 1. The quantitative estimate of drug-likeness (QED) is 0.189. The second-order valence-corrected chi connectivity index (χ2v) is 11.3. The van der Waals surface area contributed by atoms with E-state index in [0.717, 1.165) is 64.2 Å².